The van der Waals surface area contributed by atoms with Crippen molar-refractivity contribution in [1.29, 1.82) is 0 Å². The quantitative estimate of drug-likeness (QED) is 0.838. The minimum absolute atomic E-state index is 0.233. The van der Waals surface area contributed by atoms with E-state index in [2.05, 4.69) is 41.4 Å². The Bertz CT molecular complexity index is 635. The molecule has 1 heterocycles. The lowest BCUT2D eigenvalue weighted by Crippen LogP contribution is -2.41. The predicted molar refractivity (Wildman–Crippen MR) is 90.9 cm³/mol. The first-order valence-corrected chi connectivity index (χ1v) is 9.82. The van der Waals surface area contributed by atoms with E-state index < -0.39 is 6.57 Å². The van der Waals surface area contributed by atoms with Crippen LogP contribution in [0.5, 0.6) is 5.75 Å². The standard InChI is InChI=1S/C16H19N2OPS/c1-13-12-16(14-8-4-2-5-9-14)18-20(21,17-13)19-15-10-6-3-7-11-15/h2-11,13,16H,12H2,1H3,(H2,17,18,21)/t13-,16+,20+/m1/s1. The largest absolute Gasteiger partial charge is 0.441 e. The van der Waals surface area contributed by atoms with Gasteiger partial charge in [0, 0.05) is 12.1 Å². The average molecular weight is 318 g/mol. The third-order valence-corrected chi connectivity index (χ3v) is 6.24. The van der Waals surface area contributed by atoms with Gasteiger partial charge in [0.15, 0.2) is 0 Å². The molecule has 5 heteroatoms. The molecule has 0 spiro atoms. The summed E-state index contributed by atoms with van der Waals surface area (Å²) < 4.78 is 6.07. The van der Waals surface area contributed by atoms with E-state index in [1.165, 1.54) is 5.56 Å². The highest BCUT2D eigenvalue weighted by atomic mass is 32.4. The van der Waals surface area contributed by atoms with Gasteiger partial charge in [0.05, 0.1) is 0 Å². The van der Waals surface area contributed by atoms with Crippen LogP contribution in [0.25, 0.3) is 0 Å². The smallest absolute Gasteiger partial charge is 0.248 e. The van der Waals surface area contributed by atoms with Crippen LogP contribution in [0.3, 0.4) is 0 Å². The van der Waals surface area contributed by atoms with E-state index in [9.17, 15) is 0 Å². The summed E-state index contributed by atoms with van der Waals surface area (Å²) in [6.45, 7) is -0.121. The van der Waals surface area contributed by atoms with Crippen LogP contribution in [-0.4, -0.2) is 6.04 Å². The SMILES string of the molecule is C[C@@H]1C[C@@H](c2ccccc2)N[P@](=S)(Oc2ccccc2)N1. The van der Waals surface area contributed by atoms with Gasteiger partial charge in [-0.1, -0.05) is 48.5 Å². The van der Waals surface area contributed by atoms with Crippen LogP contribution in [-0.2, 0) is 11.8 Å². The number of nitrogens with one attached hydrogen (secondary N) is 2. The zero-order valence-electron chi connectivity index (χ0n) is 11.9. The molecule has 0 unspecified atom stereocenters. The summed E-state index contributed by atoms with van der Waals surface area (Å²) in [5.41, 5.74) is 1.26. The van der Waals surface area contributed by atoms with Crippen molar-refractivity contribution in [2.24, 2.45) is 0 Å². The van der Waals surface area contributed by atoms with Crippen LogP contribution in [0, 0.1) is 0 Å². The summed E-state index contributed by atoms with van der Waals surface area (Å²) in [6, 6.07) is 20.7. The average Bonchev–Trinajstić information content (AvgIpc) is 2.48. The van der Waals surface area contributed by atoms with Gasteiger partial charge >= 0.3 is 0 Å². The minimum Gasteiger partial charge on any atom is -0.441 e. The lowest BCUT2D eigenvalue weighted by molar-refractivity contribution is 0.438. The van der Waals surface area contributed by atoms with Gasteiger partial charge in [-0.2, -0.15) is 0 Å². The van der Waals surface area contributed by atoms with Crippen molar-refractivity contribution in [2.45, 2.75) is 25.4 Å². The van der Waals surface area contributed by atoms with Crippen molar-refractivity contribution in [3.8, 4) is 5.75 Å². The van der Waals surface area contributed by atoms with E-state index in [-0.39, 0.29) is 6.04 Å². The first-order chi connectivity index (χ1) is 10.1. The molecular formula is C16H19N2OPS. The molecule has 21 heavy (non-hydrogen) atoms. The maximum absolute atomic E-state index is 6.07. The highest BCUT2D eigenvalue weighted by Crippen LogP contribution is 2.46. The van der Waals surface area contributed by atoms with E-state index in [0.29, 0.717) is 6.04 Å². The van der Waals surface area contributed by atoms with Gasteiger partial charge in [-0.3, -0.25) is 0 Å². The fraction of sp³-hybridized carbons (Fsp3) is 0.250. The van der Waals surface area contributed by atoms with Crippen LogP contribution in [0.2, 0.25) is 0 Å². The molecule has 1 aliphatic rings. The van der Waals surface area contributed by atoms with Crippen molar-refractivity contribution >= 4 is 18.4 Å². The summed E-state index contributed by atoms with van der Waals surface area (Å²) >= 11 is 5.76. The van der Waals surface area contributed by atoms with Crippen molar-refractivity contribution in [3.05, 3.63) is 66.2 Å². The fourth-order valence-electron chi connectivity index (χ4n) is 2.57. The fourth-order valence-corrected chi connectivity index (χ4v) is 5.70. The van der Waals surface area contributed by atoms with Crippen LogP contribution in [0.4, 0.5) is 0 Å². The number of hydrogen-bond acceptors (Lipinski definition) is 2. The Kier molecular flexibility index (Phi) is 4.41. The molecule has 0 aromatic heterocycles. The lowest BCUT2D eigenvalue weighted by atomic mass is 10.0. The summed E-state index contributed by atoms with van der Waals surface area (Å²) in [4.78, 5) is 0. The summed E-state index contributed by atoms with van der Waals surface area (Å²) in [7, 11) is 0. The molecule has 1 aliphatic heterocycles. The zero-order chi connectivity index (χ0) is 14.7. The van der Waals surface area contributed by atoms with Gasteiger partial charge in [0.2, 0.25) is 6.57 Å². The molecule has 1 saturated heterocycles. The summed E-state index contributed by atoms with van der Waals surface area (Å²) in [5.74, 6) is 0.807. The van der Waals surface area contributed by atoms with Gasteiger partial charge in [0.25, 0.3) is 0 Å². The Morgan fingerprint density at radius 2 is 1.62 bits per heavy atom. The molecule has 3 atom stereocenters. The molecule has 2 aromatic rings. The molecule has 0 amide bonds. The Hall–Kier alpha value is -1.19. The molecule has 0 bridgehead atoms. The second kappa shape index (κ2) is 6.29. The van der Waals surface area contributed by atoms with Gasteiger partial charge in [-0.05, 0) is 42.8 Å². The number of hydrogen-bond donors (Lipinski definition) is 2. The van der Waals surface area contributed by atoms with E-state index in [1.807, 2.05) is 36.4 Å². The molecule has 2 aromatic carbocycles. The molecule has 2 N–H and O–H groups in total. The maximum atomic E-state index is 6.07. The van der Waals surface area contributed by atoms with E-state index in [0.717, 1.165) is 12.2 Å². The third kappa shape index (κ3) is 3.72. The van der Waals surface area contributed by atoms with Crippen molar-refractivity contribution < 1.29 is 4.52 Å². The normalized spacial score (nSPS) is 29.0. The van der Waals surface area contributed by atoms with Crippen LogP contribution >= 0.6 is 6.57 Å². The second-order valence-corrected chi connectivity index (χ2v) is 8.66. The minimum atomic E-state index is -2.28. The number of para-hydroxylation sites is 1. The molecule has 3 rings (SSSR count). The topological polar surface area (TPSA) is 33.3 Å². The van der Waals surface area contributed by atoms with Gasteiger partial charge in [-0.25, -0.2) is 10.2 Å². The van der Waals surface area contributed by atoms with E-state index in [1.54, 1.807) is 0 Å². The second-order valence-electron chi connectivity index (χ2n) is 5.31. The highest BCUT2D eigenvalue weighted by Gasteiger charge is 2.32. The summed E-state index contributed by atoms with van der Waals surface area (Å²) in [6.07, 6.45) is 1.00. The zero-order valence-corrected chi connectivity index (χ0v) is 13.6. The number of benzene rings is 2. The first-order valence-electron chi connectivity index (χ1n) is 7.10. The van der Waals surface area contributed by atoms with Crippen LogP contribution < -0.4 is 14.7 Å². The Morgan fingerprint density at radius 3 is 2.29 bits per heavy atom. The monoisotopic (exact) mass is 318 g/mol. The van der Waals surface area contributed by atoms with Gasteiger partial charge < -0.3 is 4.52 Å². The highest BCUT2D eigenvalue weighted by molar-refractivity contribution is 8.10. The summed E-state index contributed by atoms with van der Waals surface area (Å²) in [5, 5.41) is 6.95. The van der Waals surface area contributed by atoms with Gasteiger partial charge in [0.1, 0.15) is 5.75 Å². The van der Waals surface area contributed by atoms with Crippen LogP contribution in [0.1, 0.15) is 24.9 Å². The van der Waals surface area contributed by atoms with E-state index >= 15 is 0 Å². The van der Waals surface area contributed by atoms with Crippen molar-refractivity contribution in [2.75, 3.05) is 0 Å². The van der Waals surface area contributed by atoms with Crippen molar-refractivity contribution in [1.82, 2.24) is 10.2 Å². The van der Waals surface area contributed by atoms with Crippen LogP contribution in [0.15, 0.2) is 60.7 Å². The van der Waals surface area contributed by atoms with Gasteiger partial charge in [-0.15, -0.1) is 0 Å². The molecule has 0 saturated carbocycles. The Labute approximate surface area is 130 Å². The Balaban J connectivity index is 1.81. The maximum Gasteiger partial charge on any atom is 0.248 e. The molecule has 110 valence electrons. The third-order valence-electron chi connectivity index (χ3n) is 3.48. The van der Waals surface area contributed by atoms with E-state index in [4.69, 9.17) is 16.3 Å². The predicted octanol–water partition coefficient (Wildman–Crippen LogP) is 4.00. The number of rotatable bonds is 3. The molecule has 3 nitrogen and oxygen atoms in total. The molecule has 0 aliphatic carbocycles. The molecule has 1 fully saturated rings. The Morgan fingerprint density at radius 1 is 1.00 bits per heavy atom. The first kappa shape index (κ1) is 14.7. The molecular weight excluding hydrogens is 299 g/mol. The molecule has 0 radical (unpaired) electrons. The van der Waals surface area contributed by atoms with Crippen molar-refractivity contribution in [3.63, 3.8) is 0 Å². The lowest BCUT2D eigenvalue weighted by Gasteiger charge is -2.38.